The van der Waals surface area contributed by atoms with Gasteiger partial charge in [-0.25, -0.2) is 0 Å². The first kappa shape index (κ1) is 27.0. The molecule has 0 radical (unpaired) electrons. The Bertz CT molecular complexity index is 2760. The van der Waals surface area contributed by atoms with Crippen molar-refractivity contribution in [3.05, 3.63) is 144 Å². The van der Waals surface area contributed by atoms with Gasteiger partial charge in [0.25, 0.3) is 0 Å². The molecule has 0 aromatic heterocycles. The minimum atomic E-state index is -0.160. The standard InChI is InChI=1S/C47H36/c1-5-27-25-39-40(26-38(27)42-28(6-2)24-32-19-18-30-13-11-14-31-21-22-36(42)43(32)41(30)31)47(3,4)46-37-23-20-29-12-7-8-15-33(29)44(37)34-16-9-10-17-35(34)45(39)46/h7-26H,5-6H2,1-4H3. The SMILES string of the molecule is CCc1cc2c(cc1-c1c(CC)cc3ccc4cccc5ccc1c3c45)C(C)(C)c1c-2c2ccccc2c2c1ccc1ccccc12. The quantitative estimate of drug-likeness (QED) is 0.177. The fourth-order valence-corrected chi connectivity index (χ4v) is 9.38. The summed E-state index contributed by atoms with van der Waals surface area (Å²) >= 11 is 0. The molecule has 0 heterocycles. The number of hydrogen-bond acceptors (Lipinski definition) is 0. The second-order valence-corrected chi connectivity index (χ2v) is 14.2. The molecule has 224 valence electrons. The van der Waals surface area contributed by atoms with Crippen LogP contribution < -0.4 is 0 Å². The molecule has 0 saturated carbocycles. The van der Waals surface area contributed by atoms with Crippen LogP contribution in [0.25, 0.3) is 86.9 Å². The van der Waals surface area contributed by atoms with Crippen molar-refractivity contribution in [2.45, 2.75) is 46.0 Å². The van der Waals surface area contributed by atoms with E-state index in [2.05, 4.69) is 149 Å². The van der Waals surface area contributed by atoms with Crippen LogP contribution >= 0.6 is 0 Å². The second-order valence-electron chi connectivity index (χ2n) is 14.2. The van der Waals surface area contributed by atoms with Crippen LogP contribution in [-0.2, 0) is 18.3 Å². The third-order valence-electron chi connectivity index (χ3n) is 11.5. The first-order chi connectivity index (χ1) is 23.0. The Hall–Kier alpha value is -5.20. The summed E-state index contributed by atoms with van der Waals surface area (Å²) in [4.78, 5) is 0. The maximum Gasteiger partial charge on any atom is 0.0165 e. The minimum absolute atomic E-state index is 0.160. The average Bonchev–Trinajstić information content (AvgIpc) is 3.35. The molecule has 0 unspecified atom stereocenters. The molecule has 0 bridgehead atoms. The molecule has 1 aliphatic rings. The molecule has 47 heavy (non-hydrogen) atoms. The van der Waals surface area contributed by atoms with Crippen LogP contribution in [0.4, 0.5) is 0 Å². The maximum atomic E-state index is 2.60. The first-order valence-electron chi connectivity index (χ1n) is 17.2. The molecule has 0 fully saturated rings. The highest BCUT2D eigenvalue weighted by molar-refractivity contribution is 6.27. The largest absolute Gasteiger partial charge is 0.0616 e. The summed E-state index contributed by atoms with van der Waals surface area (Å²) in [6.45, 7) is 9.57. The van der Waals surface area contributed by atoms with Crippen molar-refractivity contribution in [3.8, 4) is 22.3 Å². The van der Waals surface area contributed by atoms with Gasteiger partial charge in [-0.2, -0.15) is 0 Å². The molecule has 0 atom stereocenters. The van der Waals surface area contributed by atoms with Crippen molar-refractivity contribution >= 4 is 64.6 Å². The van der Waals surface area contributed by atoms with Crippen molar-refractivity contribution in [2.24, 2.45) is 0 Å². The summed E-state index contributed by atoms with van der Waals surface area (Å²) in [6.07, 6.45) is 1.98. The molecule has 0 spiro atoms. The van der Waals surface area contributed by atoms with Crippen LogP contribution in [0.5, 0.6) is 0 Å². The highest BCUT2D eigenvalue weighted by atomic mass is 14.4. The molecule has 9 aromatic carbocycles. The number of benzene rings is 9. The van der Waals surface area contributed by atoms with Gasteiger partial charge in [-0.05, 0) is 128 Å². The van der Waals surface area contributed by atoms with Gasteiger partial charge in [0.1, 0.15) is 0 Å². The zero-order valence-corrected chi connectivity index (χ0v) is 27.5. The average molecular weight is 601 g/mol. The summed E-state index contributed by atoms with van der Waals surface area (Å²) in [5.74, 6) is 0. The summed E-state index contributed by atoms with van der Waals surface area (Å²) in [5, 5.41) is 16.3. The molecule has 0 amide bonds. The van der Waals surface area contributed by atoms with Gasteiger partial charge in [-0.1, -0.05) is 143 Å². The second kappa shape index (κ2) is 9.43. The highest BCUT2D eigenvalue weighted by Gasteiger charge is 2.39. The molecule has 10 rings (SSSR count). The zero-order chi connectivity index (χ0) is 31.6. The van der Waals surface area contributed by atoms with Gasteiger partial charge in [0.15, 0.2) is 0 Å². The number of aryl methyl sites for hydroxylation is 2. The van der Waals surface area contributed by atoms with E-state index in [1.807, 2.05) is 0 Å². The molecular formula is C47H36. The summed E-state index contributed by atoms with van der Waals surface area (Å²) in [6, 6.07) is 46.5. The molecule has 0 N–H and O–H groups in total. The first-order valence-corrected chi connectivity index (χ1v) is 17.2. The number of hydrogen-bond donors (Lipinski definition) is 0. The van der Waals surface area contributed by atoms with Crippen molar-refractivity contribution in [2.75, 3.05) is 0 Å². The Morgan fingerprint density at radius 3 is 1.85 bits per heavy atom. The lowest BCUT2D eigenvalue weighted by atomic mass is 9.77. The van der Waals surface area contributed by atoms with E-state index in [1.165, 1.54) is 109 Å². The number of fused-ring (bicyclic) bond motifs is 10. The molecular weight excluding hydrogens is 565 g/mol. The topological polar surface area (TPSA) is 0 Å². The van der Waals surface area contributed by atoms with Crippen molar-refractivity contribution < 1.29 is 0 Å². The predicted molar refractivity (Wildman–Crippen MR) is 204 cm³/mol. The van der Waals surface area contributed by atoms with E-state index in [1.54, 1.807) is 0 Å². The Labute approximate surface area is 275 Å². The van der Waals surface area contributed by atoms with Gasteiger partial charge in [0.05, 0.1) is 0 Å². The third-order valence-corrected chi connectivity index (χ3v) is 11.5. The van der Waals surface area contributed by atoms with E-state index in [4.69, 9.17) is 0 Å². The maximum absolute atomic E-state index is 2.60. The normalized spacial score (nSPS) is 13.9. The molecule has 0 nitrogen and oxygen atoms in total. The van der Waals surface area contributed by atoms with Gasteiger partial charge in [-0.15, -0.1) is 0 Å². The van der Waals surface area contributed by atoms with Crippen LogP contribution in [0.3, 0.4) is 0 Å². The number of rotatable bonds is 3. The van der Waals surface area contributed by atoms with Gasteiger partial charge in [-0.3, -0.25) is 0 Å². The lowest BCUT2D eigenvalue weighted by molar-refractivity contribution is 0.666. The molecule has 0 aliphatic heterocycles. The van der Waals surface area contributed by atoms with E-state index in [0.29, 0.717) is 0 Å². The summed E-state index contributed by atoms with van der Waals surface area (Å²) in [5.41, 5.74) is 11.3. The fourth-order valence-electron chi connectivity index (χ4n) is 9.38. The molecule has 0 saturated heterocycles. The van der Waals surface area contributed by atoms with Crippen LogP contribution in [0.2, 0.25) is 0 Å². The third kappa shape index (κ3) is 3.43. The van der Waals surface area contributed by atoms with Gasteiger partial charge >= 0.3 is 0 Å². The van der Waals surface area contributed by atoms with Crippen LogP contribution in [0.1, 0.15) is 49.9 Å². The van der Waals surface area contributed by atoms with Crippen LogP contribution in [0.15, 0.2) is 121 Å². The lowest BCUT2D eigenvalue weighted by Crippen LogP contribution is -2.16. The monoisotopic (exact) mass is 600 g/mol. The molecule has 9 aromatic rings. The van der Waals surface area contributed by atoms with E-state index < -0.39 is 0 Å². The van der Waals surface area contributed by atoms with E-state index >= 15 is 0 Å². The van der Waals surface area contributed by atoms with Crippen molar-refractivity contribution in [3.63, 3.8) is 0 Å². The van der Waals surface area contributed by atoms with Crippen molar-refractivity contribution in [1.29, 1.82) is 0 Å². The predicted octanol–water partition coefficient (Wildman–Crippen LogP) is 13.1. The van der Waals surface area contributed by atoms with E-state index in [9.17, 15) is 0 Å². The summed E-state index contributed by atoms with van der Waals surface area (Å²) in [7, 11) is 0. The molecule has 1 aliphatic carbocycles. The molecule has 0 heteroatoms. The summed E-state index contributed by atoms with van der Waals surface area (Å²) < 4.78 is 0. The van der Waals surface area contributed by atoms with Crippen molar-refractivity contribution in [1.82, 2.24) is 0 Å². The van der Waals surface area contributed by atoms with E-state index in [0.717, 1.165) is 12.8 Å². The Morgan fingerprint density at radius 1 is 0.426 bits per heavy atom. The van der Waals surface area contributed by atoms with E-state index in [-0.39, 0.29) is 5.41 Å². The van der Waals surface area contributed by atoms with Crippen LogP contribution in [-0.4, -0.2) is 0 Å². The lowest BCUT2D eigenvalue weighted by Gasteiger charge is -2.26. The Kier molecular flexibility index (Phi) is 5.41. The van der Waals surface area contributed by atoms with Crippen LogP contribution in [0, 0.1) is 0 Å². The smallest absolute Gasteiger partial charge is 0.0165 e. The minimum Gasteiger partial charge on any atom is -0.0616 e. The van der Waals surface area contributed by atoms with Gasteiger partial charge < -0.3 is 0 Å². The Morgan fingerprint density at radius 2 is 1.06 bits per heavy atom. The highest BCUT2D eigenvalue weighted by Crippen LogP contribution is 2.57. The van der Waals surface area contributed by atoms with Gasteiger partial charge in [0.2, 0.25) is 0 Å². The van der Waals surface area contributed by atoms with Gasteiger partial charge in [0, 0.05) is 5.41 Å². The Balaban J connectivity index is 1.33. The zero-order valence-electron chi connectivity index (χ0n) is 27.5. The fraction of sp³-hybridized carbons (Fsp3) is 0.149.